The topological polar surface area (TPSA) is 50.8 Å². The van der Waals surface area contributed by atoms with E-state index >= 15 is 0 Å². The zero-order valence-corrected chi connectivity index (χ0v) is 17.1. The lowest BCUT2D eigenvalue weighted by Crippen LogP contribution is -2.64. The van der Waals surface area contributed by atoms with Crippen LogP contribution in [-0.4, -0.2) is 54.5 Å². The number of carbonyl (C=O) groups is 1. The van der Waals surface area contributed by atoms with Crippen LogP contribution in [0.4, 0.5) is 4.79 Å². The molecular weight excluding hydrogens is 316 g/mol. The molecule has 0 spiro atoms. The lowest BCUT2D eigenvalue weighted by atomic mass is 9.61. The van der Waals surface area contributed by atoms with Gasteiger partial charge in [-0.1, -0.05) is 13.8 Å². The molecule has 1 aliphatic carbocycles. The van der Waals surface area contributed by atoms with Crippen LogP contribution >= 0.6 is 0 Å². The van der Waals surface area contributed by atoms with Crippen LogP contribution in [0.25, 0.3) is 0 Å². The molecule has 1 aliphatic heterocycles. The molecule has 1 saturated heterocycles. The van der Waals surface area contributed by atoms with Gasteiger partial charge in [-0.15, -0.1) is 0 Å². The predicted octanol–water partition coefficient (Wildman–Crippen LogP) is 3.96. The molecule has 25 heavy (non-hydrogen) atoms. The SMILES string of the molecule is CCOC1CC(NC2CCCN(C(=O)OC(C)(C)C)CC2)C1(C)CC. The van der Waals surface area contributed by atoms with Crippen LogP contribution in [0.5, 0.6) is 0 Å². The van der Waals surface area contributed by atoms with Crippen LogP contribution in [-0.2, 0) is 9.47 Å². The molecule has 0 bridgehead atoms. The predicted molar refractivity (Wildman–Crippen MR) is 101 cm³/mol. The van der Waals surface area contributed by atoms with Crippen molar-refractivity contribution in [2.24, 2.45) is 5.41 Å². The van der Waals surface area contributed by atoms with Crippen molar-refractivity contribution in [2.45, 2.75) is 97.4 Å². The van der Waals surface area contributed by atoms with Gasteiger partial charge in [-0.2, -0.15) is 0 Å². The number of likely N-dealkylation sites (tertiary alicyclic amines) is 1. The average molecular weight is 355 g/mol. The highest BCUT2D eigenvalue weighted by atomic mass is 16.6. The normalized spacial score (nSPS) is 33.5. The molecule has 5 heteroatoms. The molecule has 2 fully saturated rings. The van der Waals surface area contributed by atoms with E-state index in [4.69, 9.17) is 9.47 Å². The van der Waals surface area contributed by atoms with E-state index in [1.54, 1.807) is 0 Å². The van der Waals surface area contributed by atoms with Gasteiger partial charge in [0.2, 0.25) is 0 Å². The minimum absolute atomic E-state index is 0.174. The van der Waals surface area contributed by atoms with Gasteiger partial charge in [0.25, 0.3) is 0 Å². The van der Waals surface area contributed by atoms with Crippen molar-refractivity contribution in [1.29, 1.82) is 0 Å². The van der Waals surface area contributed by atoms with Gasteiger partial charge in [0.15, 0.2) is 0 Å². The molecule has 0 aromatic heterocycles. The molecule has 4 atom stereocenters. The number of nitrogens with zero attached hydrogens (tertiary/aromatic N) is 1. The van der Waals surface area contributed by atoms with Crippen LogP contribution in [0.1, 0.15) is 73.6 Å². The van der Waals surface area contributed by atoms with E-state index in [-0.39, 0.29) is 11.5 Å². The lowest BCUT2D eigenvalue weighted by molar-refractivity contribution is -0.128. The molecule has 0 aromatic carbocycles. The van der Waals surface area contributed by atoms with E-state index in [1.165, 1.54) is 0 Å². The summed E-state index contributed by atoms with van der Waals surface area (Å²) in [5, 5.41) is 3.87. The van der Waals surface area contributed by atoms with Crippen molar-refractivity contribution in [3.8, 4) is 0 Å². The van der Waals surface area contributed by atoms with Gasteiger partial charge in [0.1, 0.15) is 5.60 Å². The maximum absolute atomic E-state index is 12.3. The molecule has 2 aliphatic rings. The Kier molecular flexibility index (Phi) is 6.77. The van der Waals surface area contributed by atoms with E-state index in [0.29, 0.717) is 18.2 Å². The van der Waals surface area contributed by atoms with Crippen LogP contribution < -0.4 is 5.32 Å². The van der Waals surface area contributed by atoms with Crippen molar-refractivity contribution < 1.29 is 14.3 Å². The second-order valence-electron chi connectivity index (χ2n) is 8.85. The zero-order valence-electron chi connectivity index (χ0n) is 17.1. The molecule has 4 unspecified atom stereocenters. The highest BCUT2D eigenvalue weighted by molar-refractivity contribution is 5.68. The number of ether oxygens (including phenoxy) is 2. The summed E-state index contributed by atoms with van der Waals surface area (Å²) in [4.78, 5) is 14.2. The van der Waals surface area contributed by atoms with Crippen molar-refractivity contribution in [1.82, 2.24) is 10.2 Å². The second kappa shape index (κ2) is 8.26. The molecule has 0 radical (unpaired) electrons. The third-order valence-electron chi connectivity index (χ3n) is 5.93. The van der Waals surface area contributed by atoms with Crippen LogP contribution in [0.2, 0.25) is 0 Å². The summed E-state index contributed by atoms with van der Waals surface area (Å²) in [7, 11) is 0. The maximum atomic E-state index is 12.3. The first-order chi connectivity index (χ1) is 11.7. The molecule has 1 heterocycles. The molecular formula is C20H38N2O3. The number of hydrogen-bond acceptors (Lipinski definition) is 4. The maximum Gasteiger partial charge on any atom is 0.410 e. The summed E-state index contributed by atoms with van der Waals surface area (Å²) in [6.07, 6.45) is 5.58. The Morgan fingerprint density at radius 2 is 1.96 bits per heavy atom. The average Bonchev–Trinajstić information content (AvgIpc) is 2.77. The quantitative estimate of drug-likeness (QED) is 0.812. The molecule has 1 amide bonds. The first kappa shape index (κ1) is 20.5. The van der Waals surface area contributed by atoms with E-state index in [9.17, 15) is 4.79 Å². The Morgan fingerprint density at radius 1 is 1.24 bits per heavy atom. The van der Waals surface area contributed by atoms with Gasteiger partial charge in [0, 0.05) is 37.2 Å². The van der Waals surface area contributed by atoms with Crippen molar-refractivity contribution in [2.75, 3.05) is 19.7 Å². The monoisotopic (exact) mass is 354 g/mol. The Labute approximate surface area is 153 Å². The van der Waals surface area contributed by atoms with Crippen molar-refractivity contribution in [3.63, 3.8) is 0 Å². The number of carbonyl (C=O) groups excluding carboxylic acids is 1. The molecule has 2 rings (SSSR count). The second-order valence-corrected chi connectivity index (χ2v) is 8.85. The van der Waals surface area contributed by atoms with E-state index in [0.717, 1.165) is 51.8 Å². The molecule has 0 aromatic rings. The fourth-order valence-corrected chi connectivity index (χ4v) is 4.07. The van der Waals surface area contributed by atoms with Crippen molar-refractivity contribution >= 4 is 6.09 Å². The number of nitrogens with one attached hydrogen (secondary N) is 1. The van der Waals surface area contributed by atoms with E-state index < -0.39 is 5.60 Å². The lowest BCUT2D eigenvalue weighted by Gasteiger charge is -2.54. The Balaban J connectivity index is 1.84. The van der Waals surface area contributed by atoms with Crippen LogP contribution in [0.3, 0.4) is 0 Å². The Hall–Kier alpha value is -0.810. The van der Waals surface area contributed by atoms with E-state index in [2.05, 4.69) is 26.1 Å². The van der Waals surface area contributed by atoms with E-state index in [1.807, 2.05) is 25.7 Å². The third-order valence-corrected chi connectivity index (χ3v) is 5.93. The smallest absolute Gasteiger partial charge is 0.410 e. The van der Waals surface area contributed by atoms with Gasteiger partial charge in [-0.25, -0.2) is 4.79 Å². The fourth-order valence-electron chi connectivity index (χ4n) is 4.07. The van der Waals surface area contributed by atoms with Crippen molar-refractivity contribution in [3.05, 3.63) is 0 Å². The van der Waals surface area contributed by atoms with Gasteiger partial charge in [-0.3, -0.25) is 0 Å². The summed E-state index contributed by atoms with van der Waals surface area (Å²) in [6.45, 7) is 14.8. The summed E-state index contributed by atoms with van der Waals surface area (Å²) < 4.78 is 11.4. The van der Waals surface area contributed by atoms with Gasteiger partial charge in [0.05, 0.1) is 6.10 Å². The van der Waals surface area contributed by atoms with Gasteiger partial charge in [-0.05, 0) is 59.8 Å². The number of amides is 1. The highest BCUT2D eigenvalue weighted by Crippen LogP contribution is 2.46. The molecule has 146 valence electrons. The van der Waals surface area contributed by atoms with Crippen LogP contribution in [0.15, 0.2) is 0 Å². The van der Waals surface area contributed by atoms with Crippen LogP contribution in [0, 0.1) is 5.41 Å². The number of rotatable bonds is 5. The Bertz CT molecular complexity index is 449. The molecule has 1 saturated carbocycles. The molecule has 5 nitrogen and oxygen atoms in total. The van der Waals surface area contributed by atoms with Gasteiger partial charge >= 0.3 is 6.09 Å². The zero-order chi connectivity index (χ0) is 18.7. The summed E-state index contributed by atoms with van der Waals surface area (Å²) >= 11 is 0. The van der Waals surface area contributed by atoms with Gasteiger partial charge < -0.3 is 19.7 Å². The summed E-state index contributed by atoms with van der Waals surface area (Å²) in [5.74, 6) is 0. The fraction of sp³-hybridized carbons (Fsp3) is 0.950. The highest BCUT2D eigenvalue weighted by Gasteiger charge is 2.51. The molecule has 1 N–H and O–H groups in total. The summed E-state index contributed by atoms with van der Waals surface area (Å²) in [6, 6.07) is 0.998. The Morgan fingerprint density at radius 3 is 2.56 bits per heavy atom. The summed E-state index contributed by atoms with van der Waals surface area (Å²) in [5.41, 5.74) is -0.197. The number of hydrogen-bond donors (Lipinski definition) is 1. The largest absolute Gasteiger partial charge is 0.444 e. The minimum Gasteiger partial charge on any atom is -0.444 e. The standard InChI is InChI=1S/C20H38N2O3/c1-7-20(6)16(14-17(20)24-8-2)21-15-10-9-12-22(13-11-15)18(23)25-19(3,4)5/h15-17,21H,7-14H2,1-6H3. The first-order valence-electron chi connectivity index (χ1n) is 10.0. The third kappa shape index (κ3) is 5.10. The minimum atomic E-state index is -0.426. The first-order valence-corrected chi connectivity index (χ1v) is 10.0.